The highest BCUT2D eigenvalue weighted by Crippen LogP contribution is 2.43. The van der Waals surface area contributed by atoms with Crippen LogP contribution in [0.1, 0.15) is 28.4 Å². The van der Waals surface area contributed by atoms with Crippen molar-refractivity contribution >= 4 is 40.0 Å². The van der Waals surface area contributed by atoms with Crippen molar-refractivity contribution in [3.8, 4) is 0 Å². The number of nitrogens with one attached hydrogen (secondary N) is 1. The van der Waals surface area contributed by atoms with Gasteiger partial charge in [-0.25, -0.2) is 0 Å². The van der Waals surface area contributed by atoms with Crippen LogP contribution in [0.15, 0.2) is 72.8 Å². The second kappa shape index (κ2) is 8.67. The summed E-state index contributed by atoms with van der Waals surface area (Å²) in [6.07, 6.45) is 0.368. The third-order valence-electron chi connectivity index (χ3n) is 7.07. The largest absolute Gasteiger partial charge is 0.733 e. The van der Waals surface area contributed by atoms with Crippen molar-refractivity contribution in [2.45, 2.75) is 25.0 Å². The molecule has 1 fully saturated rings. The van der Waals surface area contributed by atoms with Gasteiger partial charge in [-0.1, -0.05) is 60.1 Å². The third-order valence-corrected chi connectivity index (χ3v) is 7.44. The number of carbonyl (C=O) groups is 2. The number of nitrogens with zero attached hydrogens (tertiary/aromatic N) is 3. The van der Waals surface area contributed by atoms with Gasteiger partial charge in [0, 0.05) is 34.6 Å². The number of carbonyl (C=O) groups excluding carboxylic acids is 2. The molecule has 0 spiro atoms. The van der Waals surface area contributed by atoms with Gasteiger partial charge in [0.05, 0.1) is 11.7 Å². The van der Waals surface area contributed by atoms with Gasteiger partial charge in [0.1, 0.15) is 12.6 Å². The lowest BCUT2D eigenvalue weighted by Gasteiger charge is -2.47. The monoisotopic (exact) mass is 501 g/mol. The molecule has 2 N–H and O–H groups in total. The highest BCUT2D eigenvalue weighted by atomic mass is 35.5. The van der Waals surface area contributed by atoms with Crippen LogP contribution in [0.4, 0.5) is 5.69 Å². The van der Waals surface area contributed by atoms with Crippen LogP contribution in [0.5, 0.6) is 0 Å². The second-order valence-corrected chi connectivity index (χ2v) is 9.55. The van der Waals surface area contributed by atoms with Crippen LogP contribution in [-0.2, 0) is 22.6 Å². The Bertz CT molecular complexity index is 1500. The molecule has 0 saturated carbocycles. The number of halogens is 1. The average molecular weight is 502 g/mol. The Morgan fingerprint density at radius 3 is 2.64 bits per heavy atom. The molecule has 8 nitrogen and oxygen atoms in total. The maximum absolute atomic E-state index is 13.8. The smallest absolute Gasteiger partial charge is 0.246 e. The van der Waals surface area contributed by atoms with Crippen molar-refractivity contribution in [1.29, 1.82) is 0 Å². The molecule has 3 aromatic carbocycles. The molecular formula is C27H22ClN4O4-. The summed E-state index contributed by atoms with van der Waals surface area (Å²) in [6.45, 7) is 0.158. The van der Waals surface area contributed by atoms with Crippen molar-refractivity contribution in [3.05, 3.63) is 105 Å². The van der Waals surface area contributed by atoms with E-state index in [9.17, 15) is 20.0 Å². The van der Waals surface area contributed by atoms with E-state index in [0.717, 1.165) is 27.7 Å². The molecule has 2 amide bonds. The molecule has 0 bridgehead atoms. The summed E-state index contributed by atoms with van der Waals surface area (Å²) in [4.78, 5) is 34.1. The van der Waals surface area contributed by atoms with E-state index >= 15 is 0 Å². The van der Waals surface area contributed by atoms with E-state index in [1.165, 1.54) is 6.07 Å². The SMILES string of the molecule is O=C1[C@@H]2Cc3c([nH]c4ccccc34)C(c3cccc(N([O-])O)c3)N2C(=O)CN1Cc1ccccc1Cl. The molecule has 182 valence electrons. The van der Waals surface area contributed by atoms with Gasteiger partial charge in [0.15, 0.2) is 0 Å². The van der Waals surface area contributed by atoms with Crippen LogP contribution < -0.4 is 5.23 Å². The minimum Gasteiger partial charge on any atom is -0.733 e. The third kappa shape index (κ3) is 3.62. The predicted octanol–water partition coefficient (Wildman–Crippen LogP) is 4.40. The van der Waals surface area contributed by atoms with Gasteiger partial charge in [-0.05, 0) is 41.0 Å². The van der Waals surface area contributed by atoms with E-state index in [1.54, 1.807) is 34.1 Å². The summed E-state index contributed by atoms with van der Waals surface area (Å²) in [5.41, 5.74) is 4.12. The lowest BCUT2D eigenvalue weighted by molar-refractivity contribution is -0.159. The molecular weight excluding hydrogens is 480 g/mol. The first-order chi connectivity index (χ1) is 17.4. The number of para-hydroxylation sites is 1. The van der Waals surface area contributed by atoms with Crippen molar-refractivity contribution in [2.75, 3.05) is 11.8 Å². The van der Waals surface area contributed by atoms with Crippen LogP contribution in [0.3, 0.4) is 0 Å². The number of benzene rings is 3. The summed E-state index contributed by atoms with van der Waals surface area (Å²) in [6, 6.07) is 20.3. The topological polar surface area (TPSA) is 103 Å². The van der Waals surface area contributed by atoms with E-state index in [-0.39, 0.29) is 35.8 Å². The van der Waals surface area contributed by atoms with Crippen molar-refractivity contribution in [2.24, 2.45) is 0 Å². The molecule has 1 aromatic heterocycles. The first-order valence-electron chi connectivity index (χ1n) is 11.6. The highest BCUT2D eigenvalue weighted by molar-refractivity contribution is 6.31. The van der Waals surface area contributed by atoms with E-state index in [0.29, 0.717) is 17.0 Å². The predicted molar refractivity (Wildman–Crippen MR) is 135 cm³/mol. The molecule has 2 aliphatic rings. The van der Waals surface area contributed by atoms with Gasteiger partial charge >= 0.3 is 0 Å². The standard InChI is InChI=1S/C27H22ClN4O4/c28-21-10-3-1-6-17(21)14-30-15-24(33)31-23(27(30)34)13-20-19-9-2-4-11-22(19)29-25(20)26(31)16-7-5-8-18(12-16)32(35)36/h1-12,23,26,29,35H,13-15H2/q-1/t23-,26?/m0/s1. The zero-order chi connectivity index (χ0) is 25.0. The Balaban J connectivity index is 1.47. The lowest BCUT2D eigenvalue weighted by Crippen LogP contribution is -2.62. The van der Waals surface area contributed by atoms with E-state index in [4.69, 9.17) is 11.6 Å². The van der Waals surface area contributed by atoms with E-state index < -0.39 is 12.1 Å². The van der Waals surface area contributed by atoms with Gasteiger partial charge < -0.3 is 25.2 Å². The molecule has 3 heterocycles. The second-order valence-electron chi connectivity index (χ2n) is 9.14. The van der Waals surface area contributed by atoms with E-state index in [2.05, 4.69) is 4.98 Å². The Kier molecular flexibility index (Phi) is 5.44. The number of fused-ring (bicyclic) bond motifs is 4. The number of anilines is 1. The molecule has 1 unspecified atom stereocenters. The van der Waals surface area contributed by atoms with Crippen LogP contribution in [0.25, 0.3) is 10.9 Å². The molecule has 4 aromatic rings. The fourth-order valence-corrected chi connectivity index (χ4v) is 5.65. The summed E-state index contributed by atoms with van der Waals surface area (Å²) in [7, 11) is 0. The fourth-order valence-electron chi connectivity index (χ4n) is 5.45. The summed E-state index contributed by atoms with van der Waals surface area (Å²) < 4.78 is 0. The molecule has 2 atom stereocenters. The van der Waals surface area contributed by atoms with Gasteiger partial charge in [-0.3, -0.25) is 14.8 Å². The Morgan fingerprint density at radius 1 is 1.06 bits per heavy atom. The minimum atomic E-state index is -0.716. The molecule has 2 aliphatic heterocycles. The van der Waals surface area contributed by atoms with Gasteiger partial charge in [-0.2, -0.15) is 0 Å². The summed E-state index contributed by atoms with van der Waals surface area (Å²) >= 11 is 6.34. The number of rotatable bonds is 4. The molecule has 0 radical (unpaired) electrons. The molecule has 36 heavy (non-hydrogen) atoms. The number of amides is 2. The zero-order valence-corrected chi connectivity index (χ0v) is 19.9. The van der Waals surface area contributed by atoms with Crippen LogP contribution in [-0.4, -0.2) is 44.4 Å². The number of hydrogen-bond acceptors (Lipinski definition) is 5. The Hall–Kier alpha value is -3.85. The Morgan fingerprint density at radius 2 is 1.83 bits per heavy atom. The highest BCUT2D eigenvalue weighted by Gasteiger charge is 2.48. The van der Waals surface area contributed by atoms with E-state index in [1.807, 2.05) is 42.5 Å². The normalized spacial score (nSPS) is 19.4. The maximum Gasteiger partial charge on any atom is 0.246 e. The van der Waals surface area contributed by atoms with Crippen LogP contribution in [0, 0.1) is 5.21 Å². The minimum absolute atomic E-state index is 0.0448. The fraction of sp³-hybridized carbons (Fsp3) is 0.185. The number of aromatic nitrogens is 1. The van der Waals surface area contributed by atoms with Crippen molar-refractivity contribution < 1.29 is 14.8 Å². The Labute approximate surface area is 211 Å². The molecule has 9 heteroatoms. The van der Waals surface area contributed by atoms with Crippen LogP contribution >= 0.6 is 11.6 Å². The molecule has 0 aliphatic carbocycles. The number of hydrogen-bond donors (Lipinski definition) is 2. The first-order valence-corrected chi connectivity index (χ1v) is 12.0. The average Bonchev–Trinajstić information content (AvgIpc) is 3.25. The lowest BCUT2D eigenvalue weighted by atomic mass is 9.86. The van der Waals surface area contributed by atoms with Gasteiger partial charge in [0.2, 0.25) is 11.8 Å². The summed E-state index contributed by atoms with van der Waals surface area (Å²) in [5.74, 6) is -0.353. The first kappa shape index (κ1) is 22.6. The number of H-pyrrole nitrogens is 1. The molecule has 1 saturated heterocycles. The number of piperazine rings is 1. The quantitative estimate of drug-likeness (QED) is 0.403. The van der Waals surface area contributed by atoms with Gasteiger partial charge in [-0.15, -0.1) is 0 Å². The van der Waals surface area contributed by atoms with Gasteiger partial charge in [0.25, 0.3) is 0 Å². The van der Waals surface area contributed by atoms with Crippen molar-refractivity contribution in [1.82, 2.24) is 14.8 Å². The number of aromatic amines is 1. The van der Waals surface area contributed by atoms with Crippen molar-refractivity contribution in [3.63, 3.8) is 0 Å². The maximum atomic E-state index is 13.8. The zero-order valence-electron chi connectivity index (χ0n) is 19.1. The molecule has 6 rings (SSSR count). The van der Waals surface area contributed by atoms with Crippen LogP contribution in [0.2, 0.25) is 5.02 Å². The summed E-state index contributed by atoms with van der Waals surface area (Å²) in [5, 5.41) is 22.5.